The van der Waals surface area contributed by atoms with Gasteiger partial charge in [0.2, 0.25) is 0 Å². The van der Waals surface area contributed by atoms with Gasteiger partial charge in [0, 0.05) is 23.6 Å². The number of aliphatic hydroxyl groups is 1. The minimum atomic E-state index is 0.229. The average Bonchev–Trinajstić information content (AvgIpc) is 2.45. The van der Waals surface area contributed by atoms with Crippen LogP contribution in [0.3, 0.4) is 0 Å². The zero-order chi connectivity index (χ0) is 14.3. The fraction of sp³-hybridized carbons (Fsp3) is 0.600. The number of hydrogen-bond donors (Lipinski definition) is 2. The topological polar surface area (TPSA) is 41.5 Å². The molecule has 0 aliphatic heterocycles. The monoisotopic (exact) mass is 283 g/mol. The van der Waals surface area contributed by atoms with Gasteiger partial charge in [0.1, 0.15) is 5.75 Å². The first-order valence-corrected chi connectivity index (χ1v) is 7.97. The quantitative estimate of drug-likeness (QED) is 0.719. The predicted octanol–water partition coefficient (Wildman–Crippen LogP) is 3.23. The Morgan fingerprint density at radius 2 is 2.16 bits per heavy atom. The Bertz CT molecular complexity index is 384. The molecule has 4 heteroatoms. The molecule has 0 aliphatic carbocycles. The van der Waals surface area contributed by atoms with E-state index in [0.717, 1.165) is 23.5 Å². The molecule has 2 N–H and O–H groups in total. The van der Waals surface area contributed by atoms with E-state index in [2.05, 4.69) is 37.4 Å². The van der Waals surface area contributed by atoms with Crippen LogP contribution in [0.1, 0.15) is 38.3 Å². The lowest BCUT2D eigenvalue weighted by Crippen LogP contribution is -2.31. The molecule has 0 spiro atoms. The third-order valence-corrected chi connectivity index (χ3v) is 4.14. The zero-order valence-electron chi connectivity index (χ0n) is 12.3. The molecule has 0 radical (unpaired) electrons. The molecule has 0 saturated carbocycles. The molecule has 19 heavy (non-hydrogen) atoms. The van der Waals surface area contributed by atoms with Gasteiger partial charge in [0.05, 0.1) is 7.11 Å². The van der Waals surface area contributed by atoms with Gasteiger partial charge in [-0.25, -0.2) is 0 Å². The van der Waals surface area contributed by atoms with Crippen LogP contribution < -0.4 is 10.1 Å². The van der Waals surface area contributed by atoms with Crippen molar-refractivity contribution in [2.45, 2.75) is 43.7 Å². The number of ether oxygens (including phenoxy) is 1. The van der Waals surface area contributed by atoms with E-state index in [-0.39, 0.29) is 12.6 Å². The second kappa shape index (κ2) is 8.46. The van der Waals surface area contributed by atoms with Gasteiger partial charge in [0.15, 0.2) is 0 Å². The Labute approximate surface area is 120 Å². The maximum Gasteiger partial charge on any atom is 0.132 e. The van der Waals surface area contributed by atoms with Crippen LogP contribution in [0.15, 0.2) is 23.1 Å². The average molecular weight is 283 g/mol. The number of aliphatic hydroxyl groups excluding tert-OH is 1. The summed E-state index contributed by atoms with van der Waals surface area (Å²) in [6.45, 7) is 4.51. The van der Waals surface area contributed by atoms with Crippen LogP contribution in [0.4, 0.5) is 0 Å². The van der Waals surface area contributed by atoms with Crippen LogP contribution in [0.2, 0.25) is 0 Å². The molecule has 0 saturated heterocycles. The lowest BCUT2D eigenvalue weighted by Gasteiger charge is -2.22. The minimum absolute atomic E-state index is 0.229. The molecular weight excluding hydrogens is 258 g/mol. The van der Waals surface area contributed by atoms with Crippen LogP contribution in [0.5, 0.6) is 5.75 Å². The first kappa shape index (κ1) is 16.3. The smallest absolute Gasteiger partial charge is 0.132 e. The first-order chi connectivity index (χ1) is 9.15. The van der Waals surface area contributed by atoms with Gasteiger partial charge >= 0.3 is 0 Å². The summed E-state index contributed by atoms with van der Waals surface area (Å²) in [5, 5.41) is 12.6. The lowest BCUT2D eigenvalue weighted by molar-refractivity contribution is 0.257. The van der Waals surface area contributed by atoms with Crippen molar-refractivity contribution in [2.24, 2.45) is 0 Å². The van der Waals surface area contributed by atoms with Gasteiger partial charge in [-0.1, -0.05) is 13.0 Å². The van der Waals surface area contributed by atoms with Gasteiger partial charge in [-0.15, -0.1) is 11.8 Å². The van der Waals surface area contributed by atoms with E-state index in [4.69, 9.17) is 9.84 Å². The molecular formula is C15H25NO2S. The van der Waals surface area contributed by atoms with E-state index in [1.165, 1.54) is 5.56 Å². The van der Waals surface area contributed by atoms with E-state index < -0.39 is 0 Å². The van der Waals surface area contributed by atoms with E-state index >= 15 is 0 Å². The Balaban J connectivity index is 2.78. The Kier molecular flexibility index (Phi) is 7.28. The maximum atomic E-state index is 9.04. The third-order valence-electron chi connectivity index (χ3n) is 3.36. The molecule has 0 aliphatic rings. The van der Waals surface area contributed by atoms with E-state index in [1.54, 1.807) is 18.9 Å². The molecule has 0 aromatic heterocycles. The van der Waals surface area contributed by atoms with Gasteiger partial charge in [-0.05, 0) is 43.7 Å². The van der Waals surface area contributed by atoms with E-state index in [0.29, 0.717) is 6.04 Å². The maximum absolute atomic E-state index is 9.04. The summed E-state index contributed by atoms with van der Waals surface area (Å²) >= 11 is 1.69. The molecule has 0 fully saturated rings. The van der Waals surface area contributed by atoms with Crippen LogP contribution in [-0.4, -0.2) is 31.1 Å². The van der Waals surface area contributed by atoms with Crippen molar-refractivity contribution >= 4 is 11.8 Å². The Hall–Kier alpha value is -0.710. The van der Waals surface area contributed by atoms with Crippen LogP contribution in [0, 0.1) is 0 Å². The summed E-state index contributed by atoms with van der Waals surface area (Å²) in [6, 6.07) is 6.93. The highest BCUT2D eigenvalue weighted by atomic mass is 32.2. The van der Waals surface area contributed by atoms with Crippen LogP contribution in [-0.2, 0) is 0 Å². The second-order valence-corrected chi connectivity index (χ2v) is 5.47. The summed E-state index contributed by atoms with van der Waals surface area (Å²) in [6.07, 6.45) is 3.86. The summed E-state index contributed by atoms with van der Waals surface area (Å²) < 4.78 is 5.42. The molecule has 0 amide bonds. The minimum Gasteiger partial charge on any atom is -0.496 e. The SMILES string of the molecule is CCC(CCO)NC(C)c1ccc(SC)c(OC)c1. The highest BCUT2D eigenvalue weighted by Crippen LogP contribution is 2.30. The molecule has 1 aromatic rings. The van der Waals surface area contributed by atoms with Crippen LogP contribution >= 0.6 is 11.8 Å². The normalized spacial score (nSPS) is 14.2. The van der Waals surface area contributed by atoms with Gasteiger partial charge in [-0.3, -0.25) is 0 Å². The molecule has 3 nitrogen and oxygen atoms in total. The third kappa shape index (κ3) is 4.71. The van der Waals surface area contributed by atoms with Crippen molar-refractivity contribution < 1.29 is 9.84 Å². The van der Waals surface area contributed by atoms with E-state index in [9.17, 15) is 0 Å². The highest BCUT2D eigenvalue weighted by Gasteiger charge is 2.13. The Morgan fingerprint density at radius 3 is 2.68 bits per heavy atom. The number of hydrogen-bond acceptors (Lipinski definition) is 4. The molecule has 1 aromatic carbocycles. The number of rotatable bonds is 8. The standard InChI is InChI=1S/C15H25NO2S/c1-5-13(8-9-17)16-11(2)12-6-7-15(19-4)14(10-12)18-3/h6-7,10-11,13,16-17H,5,8-9H2,1-4H3. The summed E-state index contributed by atoms with van der Waals surface area (Å²) in [7, 11) is 1.71. The predicted molar refractivity (Wildman–Crippen MR) is 82.1 cm³/mol. The van der Waals surface area contributed by atoms with Crippen molar-refractivity contribution in [3.63, 3.8) is 0 Å². The van der Waals surface area contributed by atoms with Gasteiger partial charge < -0.3 is 15.2 Å². The number of benzene rings is 1. The molecule has 0 heterocycles. The molecule has 2 unspecified atom stereocenters. The van der Waals surface area contributed by atoms with Crippen molar-refractivity contribution in [2.75, 3.05) is 20.0 Å². The van der Waals surface area contributed by atoms with Crippen molar-refractivity contribution in [3.05, 3.63) is 23.8 Å². The van der Waals surface area contributed by atoms with Crippen LogP contribution in [0.25, 0.3) is 0 Å². The molecule has 2 atom stereocenters. The fourth-order valence-corrected chi connectivity index (χ4v) is 2.68. The van der Waals surface area contributed by atoms with Crippen molar-refractivity contribution in [3.8, 4) is 5.75 Å². The summed E-state index contributed by atoms with van der Waals surface area (Å²) in [5.74, 6) is 0.925. The first-order valence-electron chi connectivity index (χ1n) is 6.75. The summed E-state index contributed by atoms with van der Waals surface area (Å²) in [4.78, 5) is 1.15. The number of nitrogens with one attached hydrogen (secondary N) is 1. The van der Waals surface area contributed by atoms with E-state index in [1.807, 2.05) is 6.26 Å². The highest BCUT2D eigenvalue weighted by molar-refractivity contribution is 7.98. The molecule has 0 bridgehead atoms. The van der Waals surface area contributed by atoms with Gasteiger partial charge in [0.25, 0.3) is 0 Å². The molecule has 108 valence electrons. The second-order valence-electron chi connectivity index (χ2n) is 4.62. The molecule has 1 rings (SSSR count). The Morgan fingerprint density at radius 1 is 1.42 bits per heavy atom. The fourth-order valence-electron chi connectivity index (χ4n) is 2.13. The van der Waals surface area contributed by atoms with Crippen molar-refractivity contribution in [1.29, 1.82) is 0 Å². The number of methoxy groups -OCH3 is 1. The largest absolute Gasteiger partial charge is 0.496 e. The summed E-state index contributed by atoms with van der Waals surface area (Å²) in [5.41, 5.74) is 1.21. The van der Waals surface area contributed by atoms with Crippen molar-refractivity contribution in [1.82, 2.24) is 5.32 Å². The number of thioether (sulfide) groups is 1. The van der Waals surface area contributed by atoms with Gasteiger partial charge in [-0.2, -0.15) is 0 Å². The lowest BCUT2D eigenvalue weighted by atomic mass is 10.0. The zero-order valence-corrected chi connectivity index (χ0v) is 13.1.